The monoisotopic (exact) mass is 330 g/mol. The molecule has 0 spiro atoms. The zero-order valence-corrected chi connectivity index (χ0v) is 16.0. The Bertz CT molecular complexity index is 890. The molecule has 0 aliphatic carbocycles. The van der Waals surface area contributed by atoms with Gasteiger partial charge in [-0.05, 0) is 60.1 Å². The van der Waals surface area contributed by atoms with Gasteiger partial charge in [-0.3, -0.25) is 0 Å². The Labute approximate surface area is 152 Å². The summed E-state index contributed by atoms with van der Waals surface area (Å²) in [5.74, 6) is 0.667. The maximum absolute atomic E-state index is 2.35. The molecule has 0 saturated heterocycles. The highest BCUT2D eigenvalue weighted by Gasteiger charge is 2.15. The van der Waals surface area contributed by atoms with Gasteiger partial charge in [0.2, 0.25) is 5.69 Å². The zero-order valence-electron chi connectivity index (χ0n) is 16.0. The number of aromatic nitrogens is 1. The molecule has 0 aliphatic rings. The molecule has 0 aliphatic heterocycles. The van der Waals surface area contributed by atoms with Gasteiger partial charge >= 0.3 is 0 Å². The largest absolute Gasteiger partial charge is 0.212 e. The van der Waals surface area contributed by atoms with E-state index >= 15 is 0 Å². The summed E-state index contributed by atoms with van der Waals surface area (Å²) < 4.78 is 2.23. The number of hydrogen-bond acceptors (Lipinski definition) is 0. The van der Waals surface area contributed by atoms with E-state index in [4.69, 9.17) is 0 Å². The van der Waals surface area contributed by atoms with Crippen LogP contribution in [0.15, 0.2) is 60.8 Å². The third-order valence-corrected chi connectivity index (χ3v) is 4.83. The van der Waals surface area contributed by atoms with Crippen LogP contribution in [0.3, 0.4) is 0 Å². The molecule has 0 saturated carbocycles. The molecule has 2 aromatic carbocycles. The molecule has 0 fully saturated rings. The lowest BCUT2D eigenvalue weighted by Crippen LogP contribution is -2.30. The fourth-order valence-corrected chi connectivity index (χ4v) is 3.44. The van der Waals surface area contributed by atoms with Crippen molar-refractivity contribution in [3.05, 3.63) is 77.5 Å². The smallest absolute Gasteiger partial charge is 0.201 e. The molecule has 0 bridgehead atoms. The number of benzene rings is 2. The molecule has 1 heteroatoms. The second-order valence-corrected chi connectivity index (χ2v) is 7.47. The number of nitrogens with zero attached hydrogens (tertiary/aromatic N) is 1. The lowest BCUT2D eigenvalue weighted by molar-refractivity contribution is -0.660. The van der Waals surface area contributed by atoms with Crippen molar-refractivity contribution in [3.8, 4) is 22.4 Å². The molecule has 0 N–H and O–H groups in total. The van der Waals surface area contributed by atoms with Crippen LogP contribution in [-0.4, -0.2) is 0 Å². The molecular formula is C24H28N+. The van der Waals surface area contributed by atoms with Crippen molar-refractivity contribution < 1.29 is 4.57 Å². The number of rotatable bonds is 4. The third kappa shape index (κ3) is 3.82. The number of pyridine rings is 1. The van der Waals surface area contributed by atoms with Crippen LogP contribution in [0.2, 0.25) is 0 Å². The maximum atomic E-state index is 2.35. The summed E-state index contributed by atoms with van der Waals surface area (Å²) in [7, 11) is 2.13. The van der Waals surface area contributed by atoms with Crippen LogP contribution in [-0.2, 0) is 13.5 Å². The van der Waals surface area contributed by atoms with E-state index in [0.717, 1.165) is 6.42 Å². The van der Waals surface area contributed by atoms with Crippen LogP contribution in [0.25, 0.3) is 22.4 Å². The standard InChI is InChI=1S/C24H28N/c1-17(2)14-20-12-13-25(5)24(15-20)23-16-21(11-10-19(23)4)22-9-7-6-8-18(22)3/h6-13,15-17H,14H2,1-5H3/q+1. The molecule has 1 aromatic heterocycles. The zero-order chi connectivity index (χ0) is 18.0. The first kappa shape index (κ1) is 17.4. The summed E-state index contributed by atoms with van der Waals surface area (Å²) in [6, 6.07) is 20.0. The van der Waals surface area contributed by atoms with E-state index in [0.29, 0.717) is 5.92 Å². The topological polar surface area (TPSA) is 3.88 Å². The molecule has 0 unspecified atom stereocenters. The highest BCUT2D eigenvalue weighted by molar-refractivity contribution is 5.74. The summed E-state index contributed by atoms with van der Waals surface area (Å²) in [6.45, 7) is 8.93. The molecule has 1 nitrogen and oxygen atoms in total. The Hall–Kier alpha value is -2.41. The minimum atomic E-state index is 0.667. The highest BCUT2D eigenvalue weighted by Crippen LogP contribution is 2.30. The van der Waals surface area contributed by atoms with Gasteiger partial charge in [0.15, 0.2) is 6.20 Å². The number of hydrogen-bond donors (Lipinski definition) is 0. The Kier molecular flexibility index (Phi) is 5.03. The van der Waals surface area contributed by atoms with Gasteiger partial charge in [-0.15, -0.1) is 0 Å². The van der Waals surface area contributed by atoms with Crippen LogP contribution in [0.5, 0.6) is 0 Å². The van der Waals surface area contributed by atoms with E-state index in [1.54, 1.807) is 0 Å². The van der Waals surface area contributed by atoms with Gasteiger partial charge in [-0.2, -0.15) is 0 Å². The Morgan fingerprint density at radius 2 is 1.56 bits per heavy atom. The van der Waals surface area contributed by atoms with Crippen LogP contribution in [0, 0.1) is 19.8 Å². The Morgan fingerprint density at radius 1 is 0.840 bits per heavy atom. The van der Waals surface area contributed by atoms with Crippen LogP contribution < -0.4 is 4.57 Å². The molecule has 0 amide bonds. The van der Waals surface area contributed by atoms with Crippen molar-refractivity contribution in [2.45, 2.75) is 34.1 Å². The van der Waals surface area contributed by atoms with E-state index in [2.05, 4.69) is 100 Å². The van der Waals surface area contributed by atoms with Gasteiger partial charge in [0.1, 0.15) is 7.05 Å². The SMILES string of the molecule is Cc1ccccc1-c1ccc(C)c(-c2cc(CC(C)C)cc[n+]2C)c1. The van der Waals surface area contributed by atoms with Crippen molar-refractivity contribution in [1.29, 1.82) is 0 Å². The first-order chi connectivity index (χ1) is 12.0. The van der Waals surface area contributed by atoms with Gasteiger partial charge in [-0.1, -0.05) is 50.2 Å². The van der Waals surface area contributed by atoms with Crippen molar-refractivity contribution in [1.82, 2.24) is 0 Å². The predicted molar refractivity (Wildman–Crippen MR) is 107 cm³/mol. The maximum Gasteiger partial charge on any atom is 0.212 e. The van der Waals surface area contributed by atoms with Gasteiger partial charge in [0, 0.05) is 17.7 Å². The fourth-order valence-electron chi connectivity index (χ4n) is 3.44. The molecule has 0 atom stereocenters. The molecular weight excluding hydrogens is 302 g/mol. The third-order valence-electron chi connectivity index (χ3n) is 4.83. The second kappa shape index (κ2) is 7.23. The van der Waals surface area contributed by atoms with Crippen molar-refractivity contribution in [2.24, 2.45) is 13.0 Å². The predicted octanol–water partition coefficient (Wildman–Crippen LogP) is 5.66. The Morgan fingerprint density at radius 3 is 2.28 bits per heavy atom. The lowest BCUT2D eigenvalue weighted by Gasteiger charge is -2.11. The van der Waals surface area contributed by atoms with E-state index in [-0.39, 0.29) is 0 Å². The molecule has 25 heavy (non-hydrogen) atoms. The molecule has 0 radical (unpaired) electrons. The Balaban J connectivity index is 2.12. The molecule has 1 heterocycles. The average Bonchev–Trinajstić information content (AvgIpc) is 2.57. The average molecular weight is 330 g/mol. The van der Waals surface area contributed by atoms with E-state index in [1.165, 1.54) is 39.1 Å². The van der Waals surface area contributed by atoms with Crippen LogP contribution in [0.1, 0.15) is 30.5 Å². The molecule has 3 rings (SSSR count). The lowest BCUT2D eigenvalue weighted by atomic mass is 9.94. The highest BCUT2D eigenvalue weighted by atomic mass is 14.9. The number of aryl methyl sites for hydroxylation is 3. The summed E-state index contributed by atoms with van der Waals surface area (Å²) in [4.78, 5) is 0. The van der Waals surface area contributed by atoms with E-state index in [1.807, 2.05) is 0 Å². The summed E-state index contributed by atoms with van der Waals surface area (Å²) in [6.07, 6.45) is 3.30. The quantitative estimate of drug-likeness (QED) is 0.543. The summed E-state index contributed by atoms with van der Waals surface area (Å²) >= 11 is 0. The van der Waals surface area contributed by atoms with Gasteiger partial charge in [0.05, 0.1) is 0 Å². The van der Waals surface area contributed by atoms with Crippen LogP contribution in [0.4, 0.5) is 0 Å². The fraction of sp³-hybridized carbons (Fsp3) is 0.292. The minimum Gasteiger partial charge on any atom is -0.201 e. The summed E-state index contributed by atoms with van der Waals surface area (Å²) in [5, 5.41) is 0. The summed E-state index contributed by atoms with van der Waals surface area (Å²) in [5.41, 5.74) is 9.23. The van der Waals surface area contributed by atoms with E-state index < -0.39 is 0 Å². The van der Waals surface area contributed by atoms with Gasteiger partial charge in [-0.25, -0.2) is 4.57 Å². The normalized spacial score (nSPS) is 11.1. The first-order valence-corrected chi connectivity index (χ1v) is 9.11. The van der Waals surface area contributed by atoms with Crippen LogP contribution >= 0.6 is 0 Å². The van der Waals surface area contributed by atoms with Gasteiger partial charge in [0.25, 0.3) is 0 Å². The molecule has 3 aromatic rings. The van der Waals surface area contributed by atoms with Crippen molar-refractivity contribution >= 4 is 0 Å². The van der Waals surface area contributed by atoms with Crippen molar-refractivity contribution in [2.75, 3.05) is 0 Å². The second-order valence-electron chi connectivity index (χ2n) is 7.47. The van der Waals surface area contributed by atoms with Gasteiger partial charge < -0.3 is 0 Å². The van der Waals surface area contributed by atoms with Crippen molar-refractivity contribution in [3.63, 3.8) is 0 Å². The first-order valence-electron chi connectivity index (χ1n) is 9.11. The minimum absolute atomic E-state index is 0.667. The van der Waals surface area contributed by atoms with E-state index in [9.17, 15) is 0 Å². The molecule has 128 valence electrons.